The monoisotopic (exact) mass is 280 g/mol. The van der Waals surface area contributed by atoms with Gasteiger partial charge in [-0.05, 0) is 33.8 Å². The van der Waals surface area contributed by atoms with Gasteiger partial charge in [-0.1, -0.05) is 0 Å². The Morgan fingerprint density at radius 1 is 1.30 bits per heavy atom. The molecule has 1 amide bonds. The zero-order valence-electron chi connectivity index (χ0n) is 12.7. The molecule has 20 heavy (non-hydrogen) atoms. The number of carbonyl (C=O) groups is 1. The van der Waals surface area contributed by atoms with Crippen LogP contribution in [-0.4, -0.2) is 43.2 Å². The third-order valence-electron chi connectivity index (χ3n) is 3.74. The number of ether oxygens (including phenoxy) is 1. The largest absolute Gasteiger partial charge is 0.466 e. The van der Waals surface area contributed by atoms with Crippen LogP contribution in [0.1, 0.15) is 37.0 Å². The number of rotatable bonds is 4. The summed E-state index contributed by atoms with van der Waals surface area (Å²) in [5, 5.41) is 3.36. The standard InChI is InChI=1S/C15H24N2O3/c1-10-9-14(13(4)20-10)11(2)16-12(3)15(18)17-5-7-19-8-6-17/h9,11-12,16H,5-8H2,1-4H3. The van der Waals surface area contributed by atoms with Gasteiger partial charge in [-0.3, -0.25) is 10.1 Å². The van der Waals surface area contributed by atoms with Gasteiger partial charge in [0.2, 0.25) is 5.91 Å². The lowest BCUT2D eigenvalue weighted by molar-refractivity contribution is -0.137. The van der Waals surface area contributed by atoms with Crippen LogP contribution in [0.15, 0.2) is 10.5 Å². The summed E-state index contributed by atoms with van der Waals surface area (Å²) in [5.74, 6) is 1.95. The fraction of sp³-hybridized carbons (Fsp3) is 0.667. The van der Waals surface area contributed by atoms with E-state index in [0.29, 0.717) is 26.3 Å². The van der Waals surface area contributed by atoms with Crippen LogP contribution < -0.4 is 5.32 Å². The maximum Gasteiger partial charge on any atom is 0.239 e. The second-order valence-corrected chi connectivity index (χ2v) is 5.42. The minimum absolute atomic E-state index is 0.0902. The van der Waals surface area contributed by atoms with Crippen LogP contribution in [0.2, 0.25) is 0 Å². The van der Waals surface area contributed by atoms with E-state index in [0.717, 1.165) is 17.1 Å². The Bertz CT molecular complexity index is 464. The van der Waals surface area contributed by atoms with Gasteiger partial charge in [-0.15, -0.1) is 0 Å². The number of morpholine rings is 1. The first-order chi connectivity index (χ1) is 9.49. The predicted molar refractivity (Wildman–Crippen MR) is 76.6 cm³/mol. The van der Waals surface area contributed by atoms with Gasteiger partial charge in [0.25, 0.3) is 0 Å². The number of aryl methyl sites for hydroxylation is 2. The van der Waals surface area contributed by atoms with Crippen molar-refractivity contribution in [1.82, 2.24) is 10.2 Å². The summed E-state index contributed by atoms with van der Waals surface area (Å²) in [6.45, 7) is 10.5. The molecule has 0 spiro atoms. The van der Waals surface area contributed by atoms with Gasteiger partial charge >= 0.3 is 0 Å². The molecular weight excluding hydrogens is 256 g/mol. The first-order valence-corrected chi connectivity index (χ1v) is 7.18. The van der Waals surface area contributed by atoms with E-state index in [1.54, 1.807) is 0 Å². The average molecular weight is 280 g/mol. The van der Waals surface area contributed by atoms with Gasteiger partial charge in [0.15, 0.2) is 0 Å². The van der Waals surface area contributed by atoms with Crippen LogP contribution >= 0.6 is 0 Å². The SMILES string of the molecule is Cc1cc(C(C)NC(C)C(=O)N2CCOCC2)c(C)o1. The van der Waals surface area contributed by atoms with E-state index in [1.807, 2.05) is 31.7 Å². The Morgan fingerprint density at radius 2 is 1.95 bits per heavy atom. The second kappa shape index (κ2) is 6.41. The van der Waals surface area contributed by atoms with Crippen molar-refractivity contribution >= 4 is 5.91 Å². The van der Waals surface area contributed by atoms with Crippen molar-refractivity contribution in [1.29, 1.82) is 0 Å². The molecule has 1 saturated heterocycles. The van der Waals surface area contributed by atoms with Gasteiger partial charge in [-0.2, -0.15) is 0 Å². The summed E-state index contributed by atoms with van der Waals surface area (Å²) in [7, 11) is 0. The molecule has 2 rings (SSSR count). The van der Waals surface area contributed by atoms with Gasteiger partial charge in [0.05, 0.1) is 19.3 Å². The van der Waals surface area contributed by atoms with Crippen LogP contribution in [0.25, 0.3) is 0 Å². The lowest BCUT2D eigenvalue weighted by Gasteiger charge is -2.30. The predicted octanol–water partition coefficient (Wildman–Crippen LogP) is 1.79. The Morgan fingerprint density at radius 3 is 2.50 bits per heavy atom. The number of hydrogen-bond donors (Lipinski definition) is 1. The summed E-state index contributed by atoms with van der Waals surface area (Å²) in [4.78, 5) is 14.2. The Hall–Kier alpha value is -1.33. The zero-order chi connectivity index (χ0) is 14.7. The van der Waals surface area contributed by atoms with Crippen LogP contribution in [0.5, 0.6) is 0 Å². The molecule has 0 radical (unpaired) electrons. The first-order valence-electron chi connectivity index (χ1n) is 7.18. The minimum atomic E-state index is -0.210. The molecule has 0 aromatic carbocycles. The summed E-state index contributed by atoms with van der Waals surface area (Å²) < 4.78 is 10.8. The Kier molecular flexibility index (Phi) is 4.83. The molecule has 1 N–H and O–H groups in total. The minimum Gasteiger partial charge on any atom is -0.466 e. The molecule has 112 valence electrons. The average Bonchev–Trinajstić information content (AvgIpc) is 2.78. The van der Waals surface area contributed by atoms with E-state index in [4.69, 9.17) is 9.15 Å². The van der Waals surface area contributed by atoms with Crippen LogP contribution in [-0.2, 0) is 9.53 Å². The Labute approximate surface area is 120 Å². The van der Waals surface area contributed by atoms with Gasteiger partial charge in [-0.25, -0.2) is 0 Å². The number of amides is 1. The van der Waals surface area contributed by atoms with Crippen molar-refractivity contribution in [2.24, 2.45) is 0 Å². The smallest absolute Gasteiger partial charge is 0.239 e. The molecule has 0 aliphatic carbocycles. The molecule has 0 saturated carbocycles. The summed E-state index contributed by atoms with van der Waals surface area (Å²) in [5.41, 5.74) is 1.11. The second-order valence-electron chi connectivity index (χ2n) is 5.42. The molecule has 1 aliphatic heterocycles. The topological polar surface area (TPSA) is 54.7 Å². The first kappa shape index (κ1) is 15.1. The van der Waals surface area contributed by atoms with E-state index in [1.165, 1.54) is 0 Å². The van der Waals surface area contributed by atoms with Gasteiger partial charge < -0.3 is 14.1 Å². The third kappa shape index (κ3) is 3.41. The van der Waals surface area contributed by atoms with E-state index < -0.39 is 0 Å². The van der Waals surface area contributed by atoms with E-state index in [2.05, 4.69) is 12.2 Å². The lowest BCUT2D eigenvalue weighted by Crippen LogP contribution is -2.49. The van der Waals surface area contributed by atoms with E-state index >= 15 is 0 Å². The quantitative estimate of drug-likeness (QED) is 0.913. The highest BCUT2D eigenvalue weighted by atomic mass is 16.5. The van der Waals surface area contributed by atoms with E-state index in [-0.39, 0.29) is 18.0 Å². The zero-order valence-corrected chi connectivity index (χ0v) is 12.7. The molecule has 1 fully saturated rings. The number of hydrogen-bond acceptors (Lipinski definition) is 4. The molecular formula is C15H24N2O3. The highest BCUT2D eigenvalue weighted by molar-refractivity contribution is 5.81. The molecule has 1 aromatic heterocycles. The van der Waals surface area contributed by atoms with Crippen LogP contribution in [0.4, 0.5) is 0 Å². The molecule has 1 aliphatic rings. The van der Waals surface area contributed by atoms with Crippen molar-refractivity contribution in [3.63, 3.8) is 0 Å². The molecule has 2 atom stereocenters. The number of carbonyl (C=O) groups excluding carboxylic acids is 1. The number of furan rings is 1. The summed E-state index contributed by atoms with van der Waals surface area (Å²) in [6.07, 6.45) is 0. The van der Waals surface area contributed by atoms with Crippen LogP contribution in [0, 0.1) is 13.8 Å². The lowest BCUT2D eigenvalue weighted by atomic mass is 10.1. The number of nitrogens with one attached hydrogen (secondary N) is 1. The van der Waals surface area contributed by atoms with Crippen molar-refractivity contribution in [2.75, 3.05) is 26.3 Å². The molecule has 5 heteroatoms. The van der Waals surface area contributed by atoms with Crippen molar-refractivity contribution in [3.8, 4) is 0 Å². The molecule has 2 heterocycles. The Balaban J connectivity index is 1.94. The van der Waals surface area contributed by atoms with Crippen molar-refractivity contribution in [2.45, 2.75) is 39.8 Å². The molecule has 0 bridgehead atoms. The van der Waals surface area contributed by atoms with Crippen LogP contribution in [0.3, 0.4) is 0 Å². The van der Waals surface area contributed by atoms with Crippen molar-refractivity contribution < 1.29 is 13.9 Å². The molecule has 2 unspecified atom stereocenters. The summed E-state index contributed by atoms with van der Waals surface area (Å²) in [6, 6.07) is 1.91. The van der Waals surface area contributed by atoms with Gasteiger partial charge in [0, 0.05) is 24.7 Å². The van der Waals surface area contributed by atoms with Crippen molar-refractivity contribution in [3.05, 3.63) is 23.2 Å². The maximum atomic E-state index is 12.3. The fourth-order valence-electron chi connectivity index (χ4n) is 2.67. The van der Waals surface area contributed by atoms with E-state index in [9.17, 15) is 4.79 Å². The molecule has 1 aromatic rings. The summed E-state index contributed by atoms with van der Waals surface area (Å²) >= 11 is 0. The fourth-order valence-corrected chi connectivity index (χ4v) is 2.67. The maximum absolute atomic E-state index is 12.3. The normalized spacial score (nSPS) is 18.9. The van der Waals surface area contributed by atoms with Gasteiger partial charge in [0.1, 0.15) is 11.5 Å². The highest BCUT2D eigenvalue weighted by Gasteiger charge is 2.24. The number of nitrogens with zero attached hydrogens (tertiary/aromatic N) is 1. The molecule has 5 nitrogen and oxygen atoms in total. The third-order valence-corrected chi connectivity index (χ3v) is 3.74. The highest BCUT2D eigenvalue weighted by Crippen LogP contribution is 2.21.